The first-order valence-corrected chi connectivity index (χ1v) is 8.67. The van der Waals surface area contributed by atoms with Gasteiger partial charge in [-0.3, -0.25) is 0 Å². The van der Waals surface area contributed by atoms with Crippen LogP contribution in [0, 0.1) is 20.8 Å². The van der Waals surface area contributed by atoms with E-state index in [1.165, 1.54) is 40.0 Å². The Hall–Kier alpha value is -1.96. The van der Waals surface area contributed by atoms with Crippen molar-refractivity contribution in [3.8, 4) is 0 Å². The molecule has 2 nitrogen and oxygen atoms in total. The Morgan fingerprint density at radius 1 is 1.04 bits per heavy atom. The molecule has 0 radical (unpaired) electrons. The van der Waals surface area contributed by atoms with Crippen LogP contribution in [0.1, 0.15) is 42.5 Å². The third-order valence-corrected chi connectivity index (χ3v) is 6.03. The van der Waals surface area contributed by atoms with Crippen molar-refractivity contribution in [3.05, 3.63) is 58.7 Å². The van der Waals surface area contributed by atoms with Crippen LogP contribution in [0.3, 0.4) is 0 Å². The Morgan fingerprint density at radius 2 is 1.78 bits per heavy atom. The van der Waals surface area contributed by atoms with Gasteiger partial charge in [0.2, 0.25) is 0 Å². The first-order chi connectivity index (χ1) is 10.9. The lowest BCUT2D eigenvalue weighted by Crippen LogP contribution is -2.66. The van der Waals surface area contributed by atoms with E-state index in [4.69, 9.17) is 0 Å². The Labute approximate surface area is 139 Å². The third-order valence-electron chi connectivity index (χ3n) is 6.03. The lowest BCUT2D eigenvalue weighted by atomic mass is 9.77. The van der Waals surface area contributed by atoms with Gasteiger partial charge in [-0.15, -0.1) is 0 Å². The molecule has 2 aromatic carbocycles. The maximum Gasteiger partial charge on any atom is 0.0995 e. The van der Waals surface area contributed by atoms with Gasteiger partial charge in [0.05, 0.1) is 11.7 Å². The van der Waals surface area contributed by atoms with Crippen LogP contribution in [-0.4, -0.2) is 12.7 Å². The maximum atomic E-state index is 2.66. The van der Waals surface area contributed by atoms with Crippen molar-refractivity contribution >= 4 is 11.4 Å². The first kappa shape index (κ1) is 14.6. The molecule has 23 heavy (non-hydrogen) atoms. The van der Waals surface area contributed by atoms with Crippen LogP contribution in [0.25, 0.3) is 0 Å². The maximum absolute atomic E-state index is 2.66. The third kappa shape index (κ3) is 1.87. The van der Waals surface area contributed by atoms with Crippen LogP contribution in [0.15, 0.2) is 36.4 Å². The van der Waals surface area contributed by atoms with Crippen molar-refractivity contribution in [1.82, 2.24) is 0 Å². The van der Waals surface area contributed by atoms with Crippen LogP contribution < -0.4 is 9.80 Å². The van der Waals surface area contributed by atoms with Crippen LogP contribution in [0.4, 0.5) is 11.4 Å². The van der Waals surface area contributed by atoms with Crippen molar-refractivity contribution in [2.45, 2.75) is 52.7 Å². The molecule has 120 valence electrons. The zero-order valence-corrected chi connectivity index (χ0v) is 14.9. The Kier molecular flexibility index (Phi) is 3.03. The van der Waals surface area contributed by atoms with Gasteiger partial charge in [-0.1, -0.05) is 24.3 Å². The van der Waals surface area contributed by atoms with Gasteiger partial charge in [-0.25, -0.2) is 0 Å². The predicted molar refractivity (Wildman–Crippen MR) is 98.4 cm³/mol. The van der Waals surface area contributed by atoms with Crippen molar-refractivity contribution in [2.24, 2.45) is 0 Å². The molecular formula is C21H26N2. The number of nitrogens with zero attached hydrogens (tertiary/aromatic N) is 2. The van der Waals surface area contributed by atoms with E-state index in [1.807, 2.05) is 0 Å². The van der Waals surface area contributed by atoms with Crippen molar-refractivity contribution in [3.63, 3.8) is 0 Å². The van der Waals surface area contributed by atoms with Gasteiger partial charge < -0.3 is 9.80 Å². The lowest BCUT2D eigenvalue weighted by Gasteiger charge is -2.61. The van der Waals surface area contributed by atoms with Gasteiger partial charge in [-0.05, 0) is 69.9 Å². The summed E-state index contributed by atoms with van der Waals surface area (Å²) < 4.78 is 0. The van der Waals surface area contributed by atoms with Gasteiger partial charge in [0.25, 0.3) is 0 Å². The van der Waals surface area contributed by atoms with E-state index in [0.717, 1.165) is 6.54 Å². The molecule has 0 saturated carbocycles. The summed E-state index contributed by atoms with van der Waals surface area (Å²) in [6.07, 6.45) is 1.57. The highest BCUT2D eigenvalue weighted by Crippen LogP contribution is 2.51. The SMILES string of the molecule is Cc1cc(C)c(C)c(N2C(C)N3CCC2(C)c2ccccc23)c1. The highest BCUT2D eigenvalue weighted by Gasteiger charge is 2.49. The van der Waals surface area contributed by atoms with Crippen molar-refractivity contribution < 1.29 is 0 Å². The second kappa shape index (κ2) is 4.77. The van der Waals surface area contributed by atoms with Gasteiger partial charge in [-0.2, -0.15) is 0 Å². The minimum Gasteiger partial charge on any atom is -0.351 e. The van der Waals surface area contributed by atoms with E-state index < -0.39 is 0 Å². The predicted octanol–water partition coefficient (Wildman–Crippen LogP) is 4.90. The average Bonchev–Trinajstić information content (AvgIpc) is 2.52. The monoisotopic (exact) mass is 306 g/mol. The van der Waals surface area contributed by atoms with Gasteiger partial charge >= 0.3 is 0 Å². The molecular weight excluding hydrogens is 280 g/mol. The Bertz CT molecular complexity index is 779. The first-order valence-electron chi connectivity index (χ1n) is 8.67. The molecule has 3 aliphatic rings. The van der Waals surface area contributed by atoms with Crippen LogP contribution in [0.5, 0.6) is 0 Å². The Balaban J connectivity index is 1.95. The van der Waals surface area contributed by atoms with E-state index in [2.05, 4.69) is 80.8 Å². The number of fused-ring (bicyclic) bond motifs is 2. The second-order valence-electron chi connectivity index (χ2n) is 7.46. The summed E-state index contributed by atoms with van der Waals surface area (Å²) in [6, 6.07) is 13.6. The molecule has 0 amide bonds. The van der Waals surface area contributed by atoms with Crippen molar-refractivity contribution in [1.29, 1.82) is 0 Å². The molecule has 2 bridgehead atoms. The smallest absolute Gasteiger partial charge is 0.0995 e. The molecule has 0 aromatic heterocycles. The minimum atomic E-state index is 0.0791. The summed E-state index contributed by atoms with van der Waals surface area (Å²) in [5.74, 6) is 0. The number of aryl methyl sites for hydroxylation is 2. The van der Waals surface area contributed by atoms with Gasteiger partial charge in [0.1, 0.15) is 0 Å². The summed E-state index contributed by atoms with van der Waals surface area (Å²) >= 11 is 0. The average molecular weight is 306 g/mol. The fraction of sp³-hybridized carbons (Fsp3) is 0.429. The van der Waals surface area contributed by atoms with E-state index in [9.17, 15) is 0 Å². The second-order valence-corrected chi connectivity index (χ2v) is 7.46. The lowest BCUT2D eigenvalue weighted by molar-refractivity contribution is 0.294. The van der Waals surface area contributed by atoms with Gasteiger partial charge in [0.15, 0.2) is 0 Å². The highest BCUT2D eigenvalue weighted by molar-refractivity contribution is 5.71. The molecule has 2 heteroatoms. The molecule has 0 N–H and O–H groups in total. The molecule has 0 aliphatic carbocycles. The fourth-order valence-corrected chi connectivity index (χ4v) is 4.70. The summed E-state index contributed by atoms with van der Waals surface area (Å²) in [5, 5.41) is 0. The molecule has 2 unspecified atom stereocenters. The number of rotatable bonds is 1. The molecule has 3 aliphatic heterocycles. The largest absolute Gasteiger partial charge is 0.351 e. The summed E-state index contributed by atoms with van der Waals surface area (Å²) in [4.78, 5) is 5.23. The highest BCUT2D eigenvalue weighted by atomic mass is 15.4. The minimum absolute atomic E-state index is 0.0791. The van der Waals surface area contributed by atoms with Crippen LogP contribution >= 0.6 is 0 Å². The summed E-state index contributed by atoms with van der Waals surface area (Å²) in [6.45, 7) is 12.6. The molecule has 0 spiro atoms. The topological polar surface area (TPSA) is 6.48 Å². The number of benzene rings is 2. The number of anilines is 2. The number of hydrogen-bond donors (Lipinski definition) is 0. The number of hydrogen-bond acceptors (Lipinski definition) is 2. The normalized spacial score (nSPS) is 25.7. The Morgan fingerprint density at radius 3 is 2.57 bits per heavy atom. The molecule has 1 fully saturated rings. The molecule has 2 atom stereocenters. The standard InChI is InChI=1S/C21H26N2/c1-14-12-15(2)16(3)20(13-14)23-17(4)22-11-10-21(23,5)18-8-6-7-9-19(18)22/h6-9,12-13,17H,10-11H2,1-5H3. The molecule has 5 rings (SSSR count). The zero-order valence-electron chi connectivity index (χ0n) is 14.9. The number of para-hydroxylation sites is 1. The zero-order chi connectivity index (χ0) is 16.4. The quantitative estimate of drug-likeness (QED) is 0.739. The van der Waals surface area contributed by atoms with E-state index in [1.54, 1.807) is 0 Å². The summed E-state index contributed by atoms with van der Waals surface area (Å²) in [5.41, 5.74) is 8.53. The van der Waals surface area contributed by atoms with E-state index in [-0.39, 0.29) is 5.54 Å². The van der Waals surface area contributed by atoms with Crippen molar-refractivity contribution in [2.75, 3.05) is 16.3 Å². The summed E-state index contributed by atoms with van der Waals surface area (Å²) in [7, 11) is 0. The van der Waals surface area contributed by atoms with Gasteiger partial charge in [0, 0.05) is 23.5 Å². The van der Waals surface area contributed by atoms with Crippen LogP contribution in [0.2, 0.25) is 0 Å². The fourth-order valence-electron chi connectivity index (χ4n) is 4.70. The van der Waals surface area contributed by atoms with Crippen LogP contribution in [-0.2, 0) is 5.54 Å². The van der Waals surface area contributed by atoms with E-state index in [0.29, 0.717) is 6.17 Å². The molecule has 2 aromatic rings. The molecule has 3 heterocycles. The molecule has 1 saturated heterocycles. The van der Waals surface area contributed by atoms with E-state index >= 15 is 0 Å².